The molecule has 1 N–H and O–H groups in total. The molecule has 0 amide bonds. The zero-order valence-electron chi connectivity index (χ0n) is 16.4. The van der Waals surface area contributed by atoms with Crippen molar-refractivity contribution in [3.8, 4) is 11.3 Å². The predicted octanol–water partition coefficient (Wildman–Crippen LogP) is 4.57. The number of hydrogen-bond acceptors (Lipinski definition) is 5. The average molecular weight is 374 g/mol. The summed E-state index contributed by atoms with van der Waals surface area (Å²) in [5, 5.41) is 3.56. The van der Waals surface area contributed by atoms with E-state index in [0.717, 1.165) is 36.0 Å². The first-order valence-electron chi connectivity index (χ1n) is 10.1. The Labute approximate surface area is 166 Å². The fourth-order valence-corrected chi connectivity index (χ4v) is 3.66. The summed E-state index contributed by atoms with van der Waals surface area (Å²) >= 11 is 0. The van der Waals surface area contributed by atoms with E-state index >= 15 is 0 Å². The van der Waals surface area contributed by atoms with Crippen molar-refractivity contribution >= 4 is 11.8 Å². The molecule has 1 aliphatic rings. The smallest absolute Gasteiger partial charge is 0.225 e. The van der Waals surface area contributed by atoms with E-state index < -0.39 is 0 Å². The zero-order valence-corrected chi connectivity index (χ0v) is 16.4. The maximum Gasteiger partial charge on any atom is 0.225 e. The molecule has 2 heterocycles. The lowest BCUT2D eigenvalue weighted by atomic mass is 10.1. The summed E-state index contributed by atoms with van der Waals surface area (Å²) in [5.41, 5.74) is 3.36. The van der Waals surface area contributed by atoms with Crippen molar-refractivity contribution in [1.29, 1.82) is 0 Å². The SMILES string of the molecule is CN(CCc1ccncc1)c1cc(-c2ccccc2)nc(NC2CCCC2)n1. The molecule has 0 unspecified atom stereocenters. The Bertz CT molecular complexity index is 876. The van der Waals surface area contributed by atoms with Gasteiger partial charge in [0.1, 0.15) is 5.82 Å². The second-order valence-electron chi connectivity index (χ2n) is 7.45. The van der Waals surface area contributed by atoms with Gasteiger partial charge in [0, 0.05) is 43.7 Å². The molecule has 0 aliphatic heterocycles. The van der Waals surface area contributed by atoms with Crippen LogP contribution in [0.1, 0.15) is 31.2 Å². The van der Waals surface area contributed by atoms with Gasteiger partial charge in [0.15, 0.2) is 0 Å². The number of pyridine rings is 1. The van der Waals surface area contributed by atoms with Crippen molar-refractivity contribution < 1.29 is 0 Å². The Morgan fingerprint density at radius 1 is 1.00 bits per heavy atom. The maximum absolute atomic E-state index is 4.83. The van der Waals surface area contributed by atoms with E-state index in [2.05, 4.69) is 52.6 Å². The van der Waals surface area contributed by atoms with Crippen LogP contribution in [0.3, 0.4) is 0 Å². The van der Waals surface area contributed by atoms with Crippen LogP contribution < -0.4 is 10.2 Å². The number of anilines is 2. The van der Waals surface area contributed by atoms with Gasteiger partial charge in [0.25, 0.3) is 0 Å². The highest BCUT2D eigenvalue weighted by atomic mass is 15.2. The quantitative estimate of drug-likeness (QED) is 0.657. The van der Waals surface area contributed by atoms with Gasteiger partial charge in [0.05, 0.1) is 5.69 Å². The molecule has 144 valence electrons. The summed E-state index contributed by atoms with van der Waals surface area (Å²) in [6.07, 6.45) is 9.62. The van der Waals surface area contributed by atoms with Crippen LogP contribution in [0.25, 0.3) is 11.3 Å². The fraction of sp³-hybridized carbons (Fsp3) is 0.348. The molecule has 0 bridgehead atoms. The topological polar surface area (TPSA) is 53.9 Å². The van der Waals surface area contributed by atoms with Crippen molar-refractivity contribution in [1.82, 2.24) is 15.0 Å². The second-order valence-corrected chi connectivity index (χ2v) is 7.45. The predicted molar refractivity (Wildman–Crippen MR) is 115 cm³/mol. The molecule has 0 atom stereocenters. The van der Waals surface area contributed by atoms with Crippen LogP contribution in [0.4, 0.5) is 11.8 Å². The minimum atomic E-state index is 0.487. The molecule has 0 radical (unpaired) electrons. The van der Waals surface area contributed by atoms with Gasteiger partial charge in [-0.15, -0.1) is 0 Å². The first-order chi connectivity index (χ1) is 13.8. The number of benzene rings is 1. The van der Waals surface area contributed by atoms with Crippen LogP contribution in [0.15, 0.2) is 60.9 Å². The fourth-order valence-electron chi connectivity index (χ4n) is 3.66. The van der Waals surface area contributed by atoms with Gasteiger partial charge in [0.2, 0.25) is 5.95 Å². The van der Waals surface area contributed by atoms with Crippen LogP contribution in [0, 0.1) is 0 Å². The zero-order chi connectivity index (χ0) is 19.2. The van der Waals surface area contributed by atoms with Gasteiger partial charge < -0.3 is 10.2 Å². The molecule has 4 rings (SSSR count). The highest BCUT2D eigenvalue weighted by Crippen LogP contribution is 2.26. The van der Waals surface area contributed by atoms with E-state index in [0.29, 0.717) is 6.04 Å². The lowest BCUT2D eigenvalue weighted by molar-refractivity contribution is 0.742. The van der Waals surface area contributed by atoms with Crippen LogP contribution in [-0.2, 0) is 6.42 Å². The highest BCUT2D eigenvalue weighted by molar-refractivity contribution is 5.64. The van der Waals surface area contributed by atoms with Crippen LogP contribution in [-0.4, -0.2) is 34.6 Å². The van der Waals surface area contributed by atoms with Crippen LogP contribution in [0.2, 0.25) is 0 Å². The number of aromatic nitrogens is 3. The van der Waals surface area contributed by atoms with E-state index in [4.69, 9.17) is 9.97 Å². The standard InChI is InChI=1S/C23H27N5/c1-28(16-13-18-11-14-24-15-12-18)22-17-21(19-7-3-2-4-8-19)26-23(27-22)25-20-9-5-6-10-20/h2-4,7-8,11-12,14-15,17,20H,5-6,9-10,13,16H2,1H3,(H,25,26,27). The van der Waals surface area contributed by atoms with Gasteiger partial charge in [-0.05, 0) is 37.0 Å². The summed E-state index contributed by atoms with van der Waals surface area (Å²) in [4.78, 5) is 15.9. The number of hydrogen-bond donors (Lipinski definition) is 1. The van der Waals surface area contributed by atoms with Crippen molar-refractivity contribution in [2.75, 3.05) is 23.8 Å². The molecule has 5 heteroatoms. The third-order valence-corrected chi connectivity index (χ3v) is 5.35. The highest BCUT2D eigenvalue weighted by Gasteiger charge is 2.17. The molecule has 0 saturated heterocycles. The van der Waals surface area contributed by atoms with E-state index in [1.165, 1.54) is 31.2 Å². The van der Waals surface area contributed by atoms with E-state index in [9.17, 15) is 0 Å². The lowest BCUT2D eigenvalue weighted by Crippen LogP contribution is -2.23. The van der Waals surface area contributed by atoms with Gasteiger partial charge in [-0.2, -0.15) is 4.98 Å². The molecule has 1 aliphatic carbocycles. The summed E-state index contributed by atoms with van der Waals surface area (Å²) in [6, 6.07) is 17.0. The van der Waals surface area contributed by atoms with E-state index in [1.807, 2.05) is 30.6 Å². The number of nitrogens with one attached hydrogen (secondary N) is 1. The molecule has 5 nitrogen and oxygen atoms in total. The van der Waals surface area contributed by atoms with Crippen molar-refractivity contribution in [3.05, 3.63) is 66.5 Å². The maximum atomic E-state index is 4.83. The third kappa shape index (κ3) is 4.66. The summed E-state index contributed by atoms with van der Waals surface area (Å²) < 4.78 is 0. The molecule has 1 fully saturated rings. The Kier molecular flexibility index (Phi) is 5.80. The molecule has 3 aromatic rings. The van der Waals surface area contributed by atoms with Crippen molar-refractivity contribution in [2.45, 2.75) is 38.1 Å². The Morgan fingerprint density at radius 3 is 2.50 bits per heavy atom. The Morgan fingerprint density at radius 2 is 1.75 bits per heavy atom. The number of likely N-dealkylation sites (N-methyl/N-ethyl adjacent to an activating group) is 1. The molecular formula is C23H27N5. The normalized spacial score (nSPS) is 14.2. The molecule has 0 spiro atoms. The summed E-state index contributed by atoms with van der Waals surface area (Å²) in [6.45, 7) is 0.887. The van der Waals surface area contributed by atoms with Crippen LogP contribution >= 0.6 is 0 Å². The van der Waals surface area contributed by atoms with E-state index in [1.54, 1.807) is 0 Å². The average Bonchev–Trinajstić information content (AvgIpc) is 3.26. The van der Waals surface area contributed by atoms with Gasteiger partial charge in [-0.25, -0.2) is 4.98 Å². The van der Waals surface area contributed by atoms with Gasteiger partial charge in [-0.3, -0.25) is 4.98 Å². The first-order valence-corrected chi connectivity index (χ1v) is 10.1. The molecule has 1 aromatic carbocycles. The van der Waals surface area contributed by atoms with Crippen molar-refractivity contribution in [2.24, 2.45) is 0 Å². The minimum Gasteiger partial charge on any atom is -0.359 e. The van der Waals surface area contributed by atoms with Gasteiger partial charge >= 0.3 is 0 Å². The minimum absolute atomic E-state index is 0.487. The number of nitrogens with zero attached hydrogens (tertiary/aromatic N) is 4. The first kappa shape index (κ1) is 18.4. The molecule has 1 saturated carbocycles. The van der Waals surface area contributed by atoms with E-state index in [-0.39, 0.29) is 0 Å². The molecule has 2 aromatic heterocycles. The molecular weight excluding hydrogens is 346 g/mol. The largest absolute Gasteiger partial charge is 0.359 e. The summed E-state index contributed by atoms with van der Waals surface area (Å²) in [5.74, 6) is 1.68. The van der Waals surface area contributed by atoms with Gasteiger partial charge in [-0.1, -0.05) is 43.2 Å². The number of rotatable bonds is 7. The summed E-state index contributed by atoms with van der Waals surface area (Å²) in [7, 11) is 2.09. The Balaban J connectivity index is 1.57. The Hall–Kier alpha value is -2.95. The monoisotopic (exact) mass is 373 g/mol. The van der Waals surface area contributed by atoms with Crippen LogP contribution in [0.5, 0.6) is 0 Å². The second kappa shape index (κ2) is 8.83. The molecule has 28 heavy (non-hydrogen) atoms. The lowest BCUT2D eigenvalue weighted by Gasteiger charge is -2.21. The third-order valence-electron chi connectivity index (χ3n) is 5.35. The van der Waals surface area contributed by atoms with Crippen molar-refractivity contribution in [3.63, 3.8) is 0 Å².